The number of aromatic nitrogens is 2. The lowest BCUT2D eigenvalue weighted by Crippen LogP contribution is -2.42. The van der Waals surface area contributed by atoms with E-state index >= 15 is 0 Å². The molecule has 1 unspecified atom stereocenters. The molecule has 120 valence electrons. The van der Waals surface area contributed by atoms with Crippen molar-refractivity contribution in [2.45, 2.75) is 43.3 Å². The zero-order valence-electron chi connectivity index (χ0n) is 12.0. The van der Waals surface area contributed by atoms with Gasteiger partial charge in [0.1, 0.15) is 0 Å². The summed E-state index contributed by atoms with van der Waals surface area (Å²) in [6.07, 6.45) is 5.33. The molecule has 2 aliphatic rings. The largest absolute Gasteiger partial charge is 0.346 e. The van der Waals surface area contributed by atoms with Crippen LogP contribution in [-0.2, 0) is 26.0 Å². The van der Waals surface area contributed by atoms with Crippen LogP contribution in [0, 0.1) is 0 Å². The number of sulfonamides is 1. The summed E-state index contributed by atoms with van der Waals surface area (Å²) in [6.45, 7) is -0.343. The lowest BCUT2D eigenvalue weighted by molar-refractivity contribution is -0.126. The van der Waals surface area contributed by atoms with Crippen molar-refractivity contribution in [3.8, 4) is 0 Å². The predicted molar refractivity (Wildman–Crippen MR) is 77.4 cm³/mol. The fourth-order valence-corrected chi connectivity index (χ4v) is 3.99. The molecule has 0 aliphatic heterocycles. The zero-order valence-corrected chi connectivity index (χ0v) is 12.8. The first-order valence-electron chi connectivity index (χ1n) is 7.31. The van der Waals surface area contributed by atoms with Gasteiger partial charge in [-0.1, -0.05) is 0 Å². The Labute approximate surface area is 128 Å². The molecule has 3 N–H and O–H groups in total. The van der Waals surface area contributed by atoms with Gasteiger partial charge in [-0.3, -0.25) is 19.4 Å². The van der Waals surface area contributed by atoms with Gasteiger partial charge in [-0.15, -0.1) is 0 Å². The van der Waals surface area contributed by atoms with Crippen LogP contribution in [0.15, 0.2) is 6.20 Å². The molecule has 3 rings (SSSR count). The summed E-state index contributed by atoms with van der Waals surface area (Å²) in [5.74, 6) is -1.36. The van der Waals surface area contributed by atoms with Crippen LogP contribution >= 0.6 is 0 Å². The molecule has 2 amide bonds. The van der Waals surface area contributed by atoms with Gasteiger partial charge in [-0.2, -0.15) is 5.10 Å². The lowest BCUT2D eigenvalue weighted by Gasteiger charge is -2.20. The highest BCUT2D eigenvalue weighted by Crippen LogP contribution is 2.29. The summed E-state index contributed by atoms with van der Waals surface area (Å²) in [4.78, 5) is 23.8. The quantitative estimate of drug-likeness (QED) is 0.677. The summed E-state index contributed by atoms with van der Waals surface area (Å²) in [5.41, 5.74) is 1.81. The number of carbonyl (C=O) groups excluding carboxylic acids is 2. The van der Waals surface area contributed by atoms with Gasteiger partial charge in [0.15, 0.2) is 0 Å². The summed E-state index contributed by atoms with van der Waals surface area (Å²) in [5, 5.41) is 8.81. The van der Waals surface area contributed by atoms with Crippen molar-refractivity contribution in [3.05, 3.63) is 17.5 Å². The first kappa shape index (κ1) is 15.0. The second-order valence-electron chi connectivity index (χ2n) is 5.74. The van der Waals surface area contributed by atoms with E-state index in [-0.39, 0.29) is 18.4 Å². The zero-order chi connectivity index (χ0) is 15.7. The lowest BCUT2D eigenvalue weighted by atomic mass is 9.87. The molecule has 22 heavy (non-hydrogen) atoms. The minimum absolute atomic E-state index is 0.288. The molecule has 0 aromatic carbocycles. The Bertz CT molecular complexity index is 693. The van der Waals surface area contributed by atoms with Crippen molar-refractivity contribution in [1.82, 2.24) is 20.2 Å². The Morgan fingerprint density at radius 2 is 2.09 bits per heavy atom. The number of hydrogen-bond acceptors (Lipinski definition) is 5. The smallest absolute Gasteiger partial charge is 0.252 e. The molecule has 0 bridgehead atoms. The molecule has 0 radical (unpaired) electrons. The minimum Gasteiger partial charge on any atom is -0.346 e. The second kappa shape index (κ2) is 5.71. The maximum absolute atomic E-state index is 12.2. The number of fused-ring (bicyclic) bond motifs is 1. The van der Waals surface area contributed by atoms with Crippen LogP contribution in [0.2, 0.25) is 0 Å². The van der Waals surface area contributed by atoms with Gasteiger partial charge < -0.3 is 5.32 Å². The monoisotopic (exact) mass is 326 g/mol. The van der Waals surface area contributed by atoms with Crippen LogP contribution in [0.3, 0.4) is 0 Å². The van der Waals surface area contributed by atoms with Crippen LogP contribution in [0.4, 0.5) is 0 Å². The first-order valence-corrected chi connectivity index (χ1v) is 8.86. The van der Waals surface area contributed by atoms with E-state index in [0.29, 0.717) is 19.3 Å². The molecule has 1 aromatic heterocycles. The Morgan fingerprint density at radius 1 is 1.32 bits per heavy atom. The second-order valence-corrected chi connectivity index (χ2v) is 7.70. The molecule has 1 fully saturated rings. The van der Waals surface area contributed by atoms with Gasteiger partial charge in [-0.05, 0) is 37.7 Å². The van der Waals surface area contributed by atoms with E-state index in [4.69, 9.17) is 0 Å². The van der Waals surface area contributed by atoms with Gasteiger partial charge in [-0.25, -0.2) is 8.42 Å². The maximum Gasteiger partial charge on any atom is 0.252 e. The summed E-state index contributed by atoms with van der Waals surface area (Å²) in [6, 6.07) is 0. The fraction of sp³-hybridized carbons (Fsp3) is 0.615. The van der Waals surface area contributed by atoms with E-state index in [9.17, 15) is 18.0 Å². The van der Waals surface area contributed by atoms with Crippen LogP contribution in [0.1, 0.15) is 42.9 Å². The van der Waals surface area contributed by atoms with Crippen molar-refractivity contribution in [2.24, 2.45) is 0 Å². The molecular formula is C13H18N4O4S. The van der Waals surface area contributed by atoms with E-state index < -0.39 is 21.2 Å². The fourth-order valence-electron chi connectivity index (χ4n) is 2.67. The Morgan fingerprint density at radius 3 is 2.82 bits per heavy atom. The van der Waals surface area contributed by atoms with Crippen molar-refractivity contribution < 1.29 is 18.0 Å². The van der Waals surface area contributed by atoms with Crippen molar-refractivity contribution in [1.29, 1.82) is 0 Å². The van der Waals surface area contributed by atoms with Gasteiger partial charge >= 0.3 is 0 Å². The molecular weight excluding hydrogens is 308 g/mol. The molecule has 9 heteroatoms. The normalized spacial score (nSPS) is 21.0. The number of nitrogens with one attached hydrogen (secondary N) is 3. The molecule has 0 spiro atoms. The number of aromatic amines is 1. The van der Waals surface area contributed by atoms with Crippen LogP contribution < -0.4 is 10.0 Å². The summed E-state index contributed by atoms with van der Waals surface area (Å²) in [7, 11) is -3.57. The summed E-state index contributed by atoms with van der Waals surface area (Å²) >= 11 is 0. The summed E-state index contributed by atoms with van der Waals surface area (Å²) < 4.78 is 25.2. The van der Waals surface area contributed by atoms with E-state index in [0.717, 1.165) is 24.1 Å². The van der Waals surface area contributed by atoms with Crippen LogP contribution in [0.25, 0.3) is 0 Å². The Kier molecular flexibility index (Phi) is 3.90. The maximum atomic E-state index is 12.2. The Balaban J connectivity index is 1.54. The van der Waals surface area contributed by atoms with E-state index in [1.54, 1.807) is 6.20 Å². The van der Waals surface area contributed by atoms with Crippen LogP contribution in [-0.4, -0.2) is 42.2 Å². The highest BCUT2D eigenvalue weighted by atomic mass is 32.2. The highest BCUT2D eigenvalue weighted by Gasteiger charge is 2.37. The molecule has 2 aliphatic carbocycles. The van der Waals surface area contributed by atoms with Crippen LogP contribution in [0.5, 0.6) is 0 Å². The van der Waals surface area contributed by atoms with E-state index in [1.807, 2.05) is 4.72 Å². The molecule has 0 saturated heterocycles. The molecule has 8 nitrogen and oxygen atoms in total. The van der Waals surface area contributed by atoms with Crippen molar-refractivity contribution in [2.75, 3.05) is 6.54 Å². The minimum atomic E-state index is -3.57. The Hall–Kier alpha value is -1.90. The number of carbonyl (C=O) groups is 2. The highest BCUT2D eigenvalue weighted by molar-refractivity contribution is 7.90. The van der Waals surface area contributed by atoms with Gasteiger partial charge in [0.25, 0.3) is 5.91 Å². The standard InChI is InChI=1S/C13H18N4O4S/c18-11(17-22(20,21)9-4-5-9)7-14-13(19)10-3-1-2-8-6-15-16-12(8)10/h6,9-10H,1-5,7H2,(H,14,19)(H,15,16)(H,17,18). The first-order chi connectivity index (χ1) is 10.5. The third kappa shape index (κ3) is 3.13. The van der Waals surface area contributed by atoms with E-state index in [1.165, 1.54) is 0 Å². The van der Waals surface area contributed by atoms with Gasteiger partial charge in [0.05, 0.1) is 29.6 Å². The molecule has 1 atom stereocenters. The van der Waals surface area contributed by atoms with Crippen molar-refractivity contribution >= 4 is 21.8 Å². The SMILES string of the molecule is O=C(CNC(=O)C1CCCc2cn[nH]c21)NS(=O)(=O)C1CC1. The number of rotatable bonds is 5. The molecule has 1 heterocycles. The average molecular weight is 326 g/mol. The predicted octanol–water partition coefficient (Wildman–Crippen LogP) is -0.446. The average Bonchev–Trinajstić information content (AvgIpc) is 3.23. The molecule has 1 aromatic rings. The number of H-pyrrole nitrogens is 1. The van der Waals surface area contributed by atoms with Gasteiger partial charge in [0, 0.05) is 0 Å². The third-order valence-electron chi connectivity index (χ3n) is 4.00. The molecule has 1 saturated carbocycles. The number of amides is 2. The third-order valence-corrected chi connectivity index (χ3v) is 5.86. The van der Waals surface area contributed by atoms with Gasteiger partial charge in [0.2, 0.25) is 15.9 Å². The number of aryl methyl sites for hydroxylation is 1. The van der Waals surface area contributed by atoms with Crippen molar-refractivity contribution in [3.63, 3.8) is 0 Å². The number of hydrogen-bond donors (Lipinski definition) is 3. The van der Waals surface area contributed by atoms with E-state index in [2.05, 4.69) is 15.5 Å². The number of nitrogens with zero attached hydrogens (tertiary/aromatic N) is 1. The topological polar surface area (TPSA) is 121 Å².